The largest absolute Gasteiger partial charge is 0.325 e. The van der Waals surface area contributed by atoms with E-state index in [0.717, 1.165) is 15.7 Å². The topological polar surface area (TPSA) is 56.1 Å². The first-order valence-corrected chi connectivity index (χ1v) is 6.86. The molecule has 0 saturated heterocycles. The van der Waals surface area contributed by atoms with E-state index < -0.39 is 0 Å². The third kappa shape index (κ3) is 5.41. The van der Waals surface area contributed by atoms with Crippen LogP contribution in [0.15, 0.2) is 22.7 Å². The minimum atomic E-state index is -0.0767. The molecule has 102 valence electrons. The highest BCUT2D eigenvalue weighted by molar-refractivity contribution is 9.10. The molecular formula is C14H18BrN3O. The minimum absolute atomic E-state index is 0.0712. The second-order valence-corrected chi connectivity index (χ2v) is 5.65. The van der Waals surface area contributed by atoms with Crippen LogP contribution in [0.1, 0.15) is 12.5 Å². The lowest BCUT2D eigenvalue weighted by molar-refractivity contribution is -0.117. The number of likely N-dealkylation sites (N-methyl/N-ethyl adjacent to an activating group) is 1. The Kier molecular flexibility index (Phi) is 6.00. The molecule has 0 aromatic heterocycles. The van der Waals surface area contributed by atoms with Gasteiger partial charge in [0.05, 0.1) is 18.5 Å². The van der Waals surface area contributed by atoms with Gasteiger partial charge in [-0.25, -0.2) is 0 Å². The Labute approximate surface area is 122 Å². The van der Waals surface area contributed by atoms with Gasteiger partial charge < -0.3 is 5.32 Å². The normalized spacial score (nSPS) is 12.0. The maximum Gasteiger partial charge on any atom is 0.238 e. The molecule has 1 aromatic carbocycles. The van der Waals surface area contributed by atoms with E-state index in [-0.39, 0.29) is 18.4 Å². The molecule has 0 spiro atoms. The molecule has 0 bridgehead atoms. The number of hydrogen-bond acceptors (Lipinski definition) is 3. The summed E-state index contributed by atoms with van der Waals surface area (Å²) in [6, 6.07) is 7.87. The van der Waals surface area contributed by atoms with Crippen molar-refractivity contribution < 1.29 is 4.79 Å². The van der Waals surface area contributed by atoms with E-state index in [9.17, 15) is 4.79 Å². The first-order chi connectivity index (χ1) is 8.92. The first-order valence-electron chi connectivity index (χ1n) is 6.06. The Morgan fingerprint density at radius 3 is 2.84 bits per heavy atom. The Morgan fingerprint density at radius 1 is 1.58 bits per heavy atom. The number of rotatable bonds is 5. The van der Waals surface area contributed by atoms with Gasteiger partial charge in [0.25, 0.3) is 0 Å². The molecule has 5 heteroatoms. The number of nitrogens with zero attached hydrogens (tertiary/aromatic N) is 2. The molecule has 0 heterocycles. The monoisotopic (exact) mass is 323 g/mol. The molecule has 0 aliphatic rings. The van der Waals surface area contributed by atoms with Gasteiger partial charge in [0.2, 0.25) is 5.91 Å². The third-order valence-electron chi connectivity index (χ3n) is 2.68. The second-order valence-electron chi connectivity index (χ2n) is 4.73. The number of carbonyl (C=O) groups is 1. The van der Waals surface area contributed by atoms with Gasteiger partial charge in [-0.2, -0.15) is 5.26 Å². The van der Waals surface area contributed by atoms with Crippen LogP contribution >= 0.6 is 15.9 Å². The van der Waals surface area contributed by atoms with Gasteiger partial charge >= 0.3 is 0 Å². The fourth-order valence-corrected chi connectivity index (χ4v) is 2.25. The van der Waals surface area contributed by atoms with Crippen LogP contribution in [0, 0.1) is 24.2 Å². The number of nitriles is 1. The van der Waals surface area contributed by atoms with Crippen molar-refractivity contribution in [2.45, 2.75) is 13.8 Å². The SMILES string of the molecule is Cc1cc(Br)ccc1NC(=O)CN(C)C[C@H](C)C#N. The second kappa shape index (κ2) is 7.27. The maximum atomic E-state index is 11.9. The Balaban J connectivity index is 2.54. The Morgan fingerprint density at radius 2 is 2.26 bits per heavy atom. The van der Waals surface area contributed by atoms with Crippen LogP contribution in [0.4, 0.5) is 5.69 Å². The molecule has 1 N–H and O–H groups in total. The fraction of sp³-hybridized carbons (Fsp3) is 0.429. The number of aryl methyl sites for hydroxylation is 1. The van der Waals surface area contributed by atoms with Crippen LogP contribution in [-0.4, -0.2) is 30.9 Å². The zero-order valence-electron chi connectivity index (χ0n) is 11.4. The lowest BCUT2D eigenvalue weighted by Crippen LogP contribution is -2.33. The molecule has 19 heavy (non-hydrogen) atoms. The van der Waals surface area contributed by atoms with E-state index in [2.05, 4.69) is 27.3 Å². The molecule has 0 aliphatic carbocycles. The molecule has 0 saturated carbocycles. The molecule has 1 atom stereocenters. The van der Waals surface area contributed by atoms with E-state index in [0.29, 0.717) is 6.54 Å². The smallest absolute Gasteiger partial charge is 0.238 e. The number of hydrogen-bond donors (Lipinski definition) is 1. The lowest BCUT2D eigenvalue weighted by Gasteiger charge is -2.17. The summed E-state index contributed by atoms with van der Waals surface area (Å²) in [5.74, 6) is -0.148. The van der Waals surface area contributed by atoms with Crippen LogP contribution in [0.25, 0.3) is 0 Å². The van der Waals surface area contributed by atoms with E-state index in [1.807, 2.05) is 44.0 Å². The van der Waals surface area contributed by atoms with E-state index in [1.54, 1.807) is 0 Å². The summed E-state index contributed by atoms with van der Waals surface area (Å²) < 4.78 is 0.989. The summed E-state index contributed by atoms with van der Waals surface area (Å²) in [5.41, 5.74) is 1.82. The molecule has 1 rings (SSSR count). The molecule has 4 nitrogen and oxygen atoms in total. The van der Waals surface area contributed by atoms with Gasteiger partial charge in [0.15, 0.2) is 0 Å². The zero-order valence-corrected chi connectivity index (χ0v) is 13.0. The third-order valence-corrected chi connectivity index (χ3v) is 3.18. The lowest BCUT2D eigenvalue weighted by atomic mass is 10.2. The van der Waals surface area contributed by atoms with Gasteiger partial charge in [0.1, 0.15) is 0 Å². The summed E-state index contributed by atoms with van der Waals surface area (Å²) in [7, 11) is 1.84. The summed E-state index contributed by atoms with van der Waals surface area (Å²) in [5, 5.41) is 11.6. The van der Waals surface area contributed by atoms with Gasteiger partial charge in [-0.1, -0.05) is 15.9 Å². The van der Waals surface area contributed by atoms with Crippen molar-refractivity contribution in [3.8, 4) is 6.07 Å². The molecule has 0 radical (unpaired) electrons. The number of halogens is 1. The first kappa shape index (κ1) is 15.7. The zero-order chi connectivity index (χ0) is 14.4. The summed E-state index contributed by atoms with van der Waals surface area (Å²) >= 11 is 3.39. The molecular weight excluding hydrogens is 306 g/mol. The maximum absolute atomic E-state index is 11.9. The average Bonchev–Trinajstić information content (AvgIpc) is 2.32. The number of carbonyl (C=O) groups excluding carboxylic acids is 1. The highest BCUT2D eigenvalue weighted by atomic mass is 79.9. The highest BCUT2D eigenvalue weighted by Crippen LogP contribution is 2.19. The van der Waals surface area contributed by atoms with Gasteiger partial charge in [-0.3, -0.25) is 9.69 Å². The molecule has 1 amide bonds. The number of anilines is 1. The van der Waals surface area contributed by atoms with Gasteiger partial charge in [-0.15, -0.1) is 0 Å². The van der Waals surface area contributed by atoms with Crippen molar-refractivity contribution in [3.63, 3.8) is 0 Å². The highest BCUT2D eigenvalue weighted by Gasteiger charge is 2.10. The fourth-order valence-electron chi connectivity index (χ4n) is 1.78. The predicted octanol–water partition coefficient (Wildman–Crippen LogP) is 2.79. The summed E-state index contributed by atoms with van der Waals surface area (Å²) in [6.07, 6.45) is 0. The van der Waals surface area contributed by atoms with Crippen LogP contribution in [-0.2, 0) is 4.79 Å². The quantitative estimate of drug-likeness (QED) is 0.906. The van der Waals surface area contributed by atoms with Crippen molar-refractivity contribution in [1.82, 2.24) is 4.90 Å². The van der Waals surface area contributed by atoms with E-state index >= 15 is 0 Å². The van der Waals surface area contributed by atoms with E-state index in [4.69, 9.17) is 5.26 Å². The predicted molar refractivity (Wildman–Crippen MR) is 79.8 cm³/mol. The van der Waals surface area contributed by atoms with Crippen molar-refractivity contribution in [1.29, 1.82) is 5.26 Å². The number of nitrogens with one attached hydrogen (secondary N) is 1. The Hall–Kier alpha value is -1.38. The van der Waals surface area contributed by atoms with Gasteiger partial charge in [0, 0.05) is 16.7 Å². The number of amides is 1. The van der Waals surface area contributed by atoms with Crippen LogP contribution in [0.3, 0.4) is 0 Å². The Bertz CT molecular complexity index is 496. The standard InChI is InChI=1S/C14H18BrN3O/c1-10(7-16)8-18(3)9-14(19)17-13-5-4-12(15)6-11(13)2/h4-6,10H,8-9H2,1-3H3,(H,17,19)/t10-/m1/s1. The van der Waals surface area contributed by atoms with Gasteiger partial charge in [-0.05, 0) is 44.7 Å². The molecule has 0 unspecified atom stereocenters. The van der Waals surface area contributed by atoms with E-state index in [1.165, 1.54) is 0 Å². The van der Waals surface area contributed by atoms with Crippen molar-refractivity contribution >= 4 is 27.5 Å². The molecule has 0 aliphatic heterocycles. The molecule has 1 aromatic rings. The summed E-state index contributed by atoms with van der Waals surface area (Å²) in [6.45, 7) is 4.65. The van der Waals surface area contributed by atoms with Crippen LogP contribution in [0.5, 0.6) is 0 Å². The average molecular weight is 324 g/mol. The summed E-state index contributed by atoms with van der Waals surface area (Å²) in [4.78, 5) is 13.7. The number of benzene rings is 1. The van der Waals surface area contributed by atoms with Crippen molar-refractivity contribution in [2.75, 3.05) is 25.5 Å². The van der Waals surface area contributed by atoms with Crippen molar-refractivity contribution in [3.05, 3.63) is 28.2 Å². The van der Waals surface area contributed by atoms with Crippen LogP contribution < -0.4 is 5.32 Å². The molecule has 0 fully saturated rings. The minimum Gasteiger partial charge on any atom is -0.325 e. The van der Waals surface area contributed by atoms with Crippen LogP contribution in [0.2, 0.25) is 0 Å². The van der Waals surface area contributed by atoms with Crippen molar-refractivity contribution in [2.24, 2.45) is 5.92 Å².